The van der Waals surface area contributed by atoms with E-state index in [1.54, 1.807) is 0 Å². The Bertz CT molecular complexity index is 1390. The summed E-state index contributed by atoms with van der Waals surface area (Å²) in [4.78, 5) is 5.00. The minimum atomic E-state index is -0.523. The highest BCUT2D eigenvalue weighted by Gasteiger charge is 2.22. The lowest BCUT2D eigenvalue weighted by Crippen LogP contribution is -2.24. The van der Waals surface area contributed by atoms with Gasteiger partial charge in [0, 0.05) is 27.7 Å². The van der Waals surface area contributed by atoms with E-state index in [9.17, 15) is 5.11 Å². The molecule has 0 aliphatic heterocycles. The first-order valence-electron chi connectivity index (χ1n) is 11.5. The molecule has 0 unspecified atom stereocenters. The van der Waals surface area contributed by atoms with Gasteiger partial charge in [-0.2, -0.15) is 0 Å². The molecule has 1 aliphatic rings. The third kappa shape index (κ3) is 3.23. The van der Waals surface area contributed by atoms with Crippen LogP contribution in [-0.4, -0.2) is 25.3 Å². The molecule has 1 N–H and O–H groups in total. The van der Waals surface area contributed by atoms with Gasteiger partial charge in [0.1, 0.15) is 5.82 Å². The molecule has 0 bridgehead atoms. The van der Waals surface area contributed by atoms with Gasteiger partial charge in [-0.1, -0.05) is 60.7 Å². The van der Waals surface area contributed by atoms with Crippen LogP contribution in [0.5, 0.6) is 0 Å². The Kier molecular flexibility index (Phi) is 4.80. The molecule has 2 aromatic heterocycles. The van der Waals surface area contributed by atoms with Gasteiger partial charge in [-0.05, 0) is 43.5 Å². The quantitative estimate of drug-likeness (QED) is 0.352. The molecule has 0 fully saturated rings. The third-order valence-electron chi connectivity index (χ3n) is 6.78. The number of aliphatic hydroxyl groups excluding tert-OH is 1. The average molecular weight is 422 g/mol. The number of rotatable bonds is 5. The lowest BCUT2D eigenvalue weighted by atomic mass is 9.93. The number of hydrogen-bond acceptors (Lipinski definition) is 2. The maximum atomic E-state index is 11.3. The Morgan fingerprint density at radius 2 is 1.41 bits per heavy atom. The van der Waals surface area contributed by atoms with Crippen LogP contribution in [0.25, 0.3) is 32.8 Å². The zero-order chi connectivity index (χ0) is 21.5. The fourth-order valence-corrected chi connectivity index (χ4v) is 5.31. The maximum absolute atomic E-state index is 11.3. The standard InChI is InChI=1S/C28H27N3O/c32-21(18-30-25-15-7-4-12-22(25)23-13-5-8-16-26(23)30)19-31-27-17-9-6-14-24(27)29-28(31)20-10-2-1-3-11-20/h1-2,4-9,12-17,20-21,32H,3,10-11,18-19H2/t20-,21-/m1/s1. The normalized spacial score (nSPS) is 17.5. The topological polar surface area (TPSA) is 43.0 Å². The summed E-state index contributed by atoms with van der Waals surface area (Å²) >= 11 is 0. The SMILES string of the molecule is O[C@@H](Cn1c([C@@H]2CC=CCC2)nc2ccccc21)Cn1c2ccccc2c2ccccc21. The van der Waals surface area contributed by atoms with Gasteiger partial charge in [0.25, 0.3) is 0 Å². The fourth-order valence-electron chi connectivity index (χ4n) is 5.31. The molecule has 4 heteroatoms. The largest absolute Gasteiger partial charge is 0.389 e. The van der Waals surface area contributed by atoms with Crippen molar-refractivity contribution in [3.63, 3.8) is 0 Å². The van der Waals surface area contributed by atoms with Crippen LogP contribution in [-0.2, 0) is 13.1 Å². The van der Waals surface area contributed by atoms with Gasteiger partial charge in [0.15, 0.2) is 0 Å². The number of fused-ring (bicyclic) bond motifs is 4. The number of imidazole rings is 1. The van der Waals surface area contributed by atoms with Gasteiger partial charge in [0.05, 0.1) is 30.2 Å². The molecule has 0 amide bonds. The smallest absolute Gasteiger partial charge is 0.113 e. The van der Waals surface area contributed by atoms with Crippen LogP contribution < -0.4 is 0 Å². The van der Waals surface area contributed by atoms with E-state index >= 15 is 0 Å². The molecule has 160 valence electrons. The molecule has 0 saturated heterocycles. The van der Waals surface area contributed by atoms with Crippen molar-refractivity contribution in [3.8, 4) is 0 Å². The molecular formula is C28H27N3O. The van der Waals surface area contributed by atoms with Gasteiger partial charge in [-0.3, -0.25) is 0 Å². The number of aromatic nitrogens is 3. The highest BCUT2D eigenvalue weighted by atomic mass is 16.3. The van der Waals surface area contributed by atoms with Crippen molar-refractivity contribution in [2.24, 2.45) is 0 Å². The Hall–Kier alpha value is -3.37. The van der Waals surface area contributed by atoms with Crippen LogP contribution in [0.3, 0.4) is 0 Å². The molecule has 1 aliphatic carbocycles. The molecule has 6 rings (SSSR count). The van der Waals surface area contributed by atoms with Crippen molar-refractivity contribution in [1.82, 2.24) is 14.1 Å². The summed E-state index contributed by atoms with van der Waals surface area (Å²) in [5.41, 5.74) is 4.46. The summed E-state index contributed by atoms with van der Waals surface area (Å²) in [6, 6.07) is 25.2. The van der Waals surface area contributed by atoms with Crippen molar-refractivity contribution in [2.45, 2.75) is 44.4 Å². The minimum Gasteiger partial charge on any atom is -0.389 e. The predicted octanol–water partition coefficient (Wildman–Crippen LogP) is 6.03. The van der Waals surface area contributed by atoms with Crippen LogP contribution >= 0.6 is 0 Å². The molecular weight excluding hydrogens is 394 g/mol. The first-order chi connectivity index (χ1) is 15.8. The Morgan fingerprint density at radius 3 is 2.09 bits per heavy atom. The van der Waals surface area contributed by atoms with E-state index in [2.05, 4.69) is 88.0 Å². The number of hydrogen-bond donors (Lipinski definition) is 1. The van der Waals surface area contributed by atoms with Crippen molar-refractivity contribution >= 4 is 32.8 Å². The fraction of sp³-hybridized carbons (Fsp3) is 0.250. The van der Waals surface area contributed by atoms with Crippen LogP contribution in [0.1, 0.15) is 31.0 Å². The van der Waals surface area contributed by atoms with Gasteiger partial charge in [-0.25, -0.2) is 4.98 Å². The van der Waals surface area contributed by atoms with Crippen molar-refractivity contribution < 1.29 is 5.11 Å². The Morgan fingerprint density at radius 1 is 0.781 bits per heavy atom. The van der Waals surface area contributed by atoms with Gasteiger partial charge in [-0.15, -0.1) is 0 Å². The molecule has 3 aromatic carbocycles. The van der Waals surface area contributed by atoms with Crippen LogP contribution in [0.2, 0.25) is 0 Å². The van der Waals surface area contributed by atoms with E-state index in [1.165, 1.54) is 21.8 Å². The zero-order valence-corrected chi connectivity index (χ0v) is 18.1. The molecule has 32 heavy (non-hydrogen) atoms. The van der Waals surface area contributed by atoms with Crippen LogP contribution in [0.15, 0.2) is 84.9 Å². The lowest BCUT2D eigenvalue weighted by molar-refractivity contribution is 0.137. The second kappa shape index (κ2) is 7.95. The third-order valence-corrected chi connectivity index (χ3v) is 6.78. The lowest BCUT2D eigenvalue weighted by Gasteiger charge is -2.21. The monoisotopic (exact) mass is 421 g/mol. The zero-order valence-electron chi connectivity index (χ0n) is 18.1. The van der Waals surface area contributed by atoms with E-state index in [0.29, 0.717) is 19.0 Å². The second-order valence-corrected chi connectivity index (χ2v) is 8.85. The molecule has 0 radical (unpaired) electrons. The maximum Gasteiger partial charge on any atom is 0.113 e. The molecule has 5 aromatic rings. The average Bonchev–Trinajstić information content (AvgIpc) is 3.36. The van der Waals surface area contributed by atoms with Crippen LogP contribution in [0.4, 0.5) is 0 Å². The van der Waals surface area contributed by atoms with Gasteiger partial charge >= 0.3 is 0 Å². The first kappa shape index (κ1) is 19.3. The van der Waals surface area contributed by atoms with E-state index in [1.807, 2.05) is 6.07 Å². The molecule has 2 heterocycles. The minimum absolute atomic E-state index is 0.410. The van der Waals surface area contributed by atoms with E-state index in [4.69, 9.17) is 4.98 Å². The highest BCUT2D eigenvalue weighted by Crippen LogP contribution is 2.32. The summed E-state index contributed by atoms with van der Waals surface area (Å²) in [5.74, 6) is 1.52. The van der Waals surface area contributed by atoms with Gasteiger partial charge in [0.2, 0.25) is 0 Å². The van der Waals surface area contributed by atoms with Crippen LogP contribution in [0, 0.1) is 0 Å². The Balaban J connectivity index is 1.38. The molecule has 0 spiro atoms. The number of nitrogens with zero attached hydrogens (tertiary/aromatic N) is 3. The number of aliphatic hydroxyl groups is 1. The molecule has 0 saturated carbocycles. The number of para-hydroxylation sites is 4. The number of benzene rings is 3. The highest BCUT2D eigenvalue weighted by molar-refractivity contribution is 6.07. The summed E-state index contributed by atoms with van der Waals surface area (Å²) in [6.45, 7) is 1.08. The van der Waals surface area contributed by atoms with Crippen molar-refractivity contribution in [2.75, 3.05) is 0 Å². The van der Waals surface area contributed by atoms with Gasteiger partial charge < -0.3 is 14.2 Å². The summed E-state index contributed by atoms with van der Waals surface area (Å²) in [6.07, 6.45) is 7.24. The first-order valence-corrected chi connectivity index (χ1v) is 11.5. The predicted molar refractivity (Wildman–Crippen MR) is 131 cm³/mol. The van der Waals surface area contributed by atoms with E-state index in [0.717, 1.165) is 36.1 Å². The summed E-state index contributed by atoms with van der Waals surface area (Å²) < 4.78 is 4.52. The van der Waals surface area contributed by atoms with Crippen molar-refractivity contribution in [1.29, 1.82) is 0 Å². The van der Waals surface area contributed by atoms with Crippen molar-refractivity contribution in [3.05, 3.63) is 90.8 Å². The second-order valence-electron chi connectivity index (χ2n) is 8.85. The summed E-state index contributed by atoms with van der Waals surface area (Å²) in [7, 11) is 0. The Labute approximate surface area is 187 Å². The molecule has 2 atom stereocenters. The molecule has 4 nitrogen and oxygen atoms in total. The summed E-state index contributed by atoms with van der Waals surface area (Å²) in [5, 5.41) is 13.8. The van der Waals surface area contributed by atoms with E-state index < -0.39 is 6.10 Å². The van der Waals surface area contributed by atoms with E-state index in [-0.39, 0.29) is 0 Å². The number of allylic oxidation sites excluding steroid dienone is 2.